The Morgan fingerprint density at radius 2 is 1.62 bits per heavy atom. The molecule has 0 unspecified atom stereocenters. The average molecular weight is 367 g/mol. The number of allylic oxidation sites excluding steroid dienone is 1. The second kappa shape index (κ2) is 9.17. The number of rotatable bonds is 9. The SMILES string of the molecule is C=C(CCCOc1ccc(-c2ccc(-c3ccncc3)s2)cc1)OOC. The van der Waals surface area contributed by atoms with E-state index < -0.39 is 0 Å². The van der Waals surface area contributed by atoms with E-state index in [1.807, 2.05) is 36.7 Å². The molecule has 0 aliphatic heterocycles. The van der Waals surface area contributed by atoms with Gasteiger partial charge in [0.1, 0.15) is 11.5 Å². The highest BCUT2D eigenvalue weighted by Crippen LogP contribution is 2.34. The summed E-state index contributed by atoms with van der Waals surface area (Å²) in [4.78, 5) is 15.9. The minimum atomic E-state index is 0.606. The molecule has 0 N–H and O–H groups in total. The largest absolute Gasteiger partial charge is 0.494 e. The van der Waals surface area contributed by atoms with Crippen LogP contribution in [0.5, 0.6) is 5.75 Å². The molecule has 2 aromatic heterocycles. The fourth-order valence-electron chi connectivity index (χ4n) is 2.50. The Morgan fingerprint density at radius 3 is 2.27 bits per heavy atom. The van der Waals surface area contributed by atoms with Crippen LogP contribution < -0.4 is 4.74 Å². The second-order valence-electron chi connectivity index (χ2n) is 5.66. The first kappa shape index (κ1) is 18.2. The number of aromatic nitrogens is 1. The summed E-state index contributed by atoms with van der Waals surface area (Å²) in [5, 5.41) is 0. The average Bonchev–Trinajstić information content (AvgIpc) is 3.17. The van der Waals surface area contributed by atoms with E-state index in [0.717, 1.165) is 12.2 Å². The Labute approximate surface area is 157 Å². The molecule has 134 valence electrons. The predicted molar refractivity (Wildman–Crippen MR) is 105 cm³/mol. The molecule has 0 spiro atoms. The Hall–Kier alpha value is -2.63. The Bertz CT molecular complexity index is 828. The lowest BCUT2D eigenvalue weighted by molar-refractivity contribution is -0.239. The third-order valence-electron chi connectivity index (χ3n) is 3.78. The van der Waals surface area contributed by atoms with Crippen molar-refractivity contribution in [2.24, 2.45) is 0 Å². The number of pyridine rings is 1. The summed E-state index contributed by atoms with van der Waals surface area (Å²) in [6.07, 6.45) is 5.16. The first-order chi connectivity index (χ1) is 12.8. The first-order valence-corrected chi connectivity index (χ1v) is 9.20. The molecule has 5 heteroatoms. The van der Waals surface area contributed by atoms with Crippen LogP contribution in [-0.2, 0) is 9.78 Å². The molecule has 2 heterocycles. The van der Waals surface area contributed by atoms with Crippen LogP contribution in [0.4, 0.5) is 0 Å². The van der Waals surface area contributed by atoms with Gasteiger partial charge in [-0.3, -0.25) is 4.98 Å². The van der Waals surface area contributed by atoms with Gasteiger partial charge in [-0.1, -0.05) is 6.58 Å². The zero-order valence-corrected chi connectivity index (χ0v) is 15.5. The minimum absolute atomic E-state index is 0.606. The van der Waals surface area contributed by atoms with Gasteiger partial charge in [-0.2, -0.15) is 4.89 Å². The third-order valence-corrected chi connectivity index (χ3v) is 4.96. The van der Waals surface area contributed by atoms with Gasteiger partial charge in [0.25, 0.3) is 0 Å². The summed E-state index contributed by atoms with van der Waals surface area (Å²) < 4.78 is 5.76. The van der Waals surface area contributed by atoms with E-state index in [-0.39, 0.29) is 0 Å². The van der Waals surface area contributed by atoms with E-state index in [1.165, 1.54) is 28.0 Å². The number of ether oxygens (including phenoxy) is 1. The zero-order valence-electron chi connectivity index (χ0n) is 14.7. The van der Waals surface area contributed by atoms with Gasteiger partial charge in [0.05, 0.1) is 13.7 Å². The van der Waals surface area contributed by atoms with Crippen LogP contribution in [0.3, 0.4) is 0 Å². The molecule has 1 aromatic carbocycles. The second-order valence-corrected chi connectivity index (χ2v) is 6.75. The van der Waals surface area contributed by atoms with E-state index in [0.29, 0.717) is 18.8 Å². The van der Waals surface area contributed by atoms with Gasteiger partial charge in [0, 0.05) is 28.6 Å². The van der Waals surface area contributed by atoms with Gasteiger partial charge in [0.2, 0.25) is 0 Å². The van der Waals surface area contributed by atoms with Gasteiger partial charge in [-0.15, -0.1) is 11.3 Å². The molecule has 3 rings (SSSR count). The summed E-state index contributed by atoms with van der Waals surface area (Å²) in [7, 11) is 1.47. The summed E-state index contributed by atoms with van der Waals surface area (Å²) in [5.41, 5.74) is 2.37. The standard InChI is InChI=1S/C21H21NO3S/c1-16(25-23-2)4-3-15-24-19-7-5-17(6-8-19)20-9-10-21(26-20)18-11-13-22-14-12-18/h5-14H,1,3-4,15H2,2H3. The van der Waals surface area contributed by atoms with E-state index >= 15 is 0 Å². The lowest BCUT2D eigenvalue weighted by Gasteiger charge is -2.08. The fourth-order valence-corrected chi connectivity index (χ4v) is 3.52. The van der Waals surface area contributed by atoms with Crippen molar-refractivity contribution < 1.29 is 14.5 Å². The van der Waals surface area contributed by atoms with Crippen molar-refractivity contribution in [3.05, 3.63) is 73.3 Å². The first-order valence-electron chi connectivity index (χ1n) is 8.38. The quantitative estimate of drug-likeness (QED) is 0.210. The molecule has 0 bridgehead atoms. The predicted octanol–water partition coefficient (Wildman–Crippen LogP) is 5.73. The normalized spacial score (nSPS) is 10.5. The topological polar surface area (TPSA) is 40.6 Å². The molecule has 0 radical (unpaired) electrons. The van der Waals surface area contributed by atoms with E-state index in [2.05, 4.69) is 40.7 Å². The molecule has 26 heavy (non-hydrogen) atoms. The van der Waals surface area contributed by atoms with Gasteiger partial charge in [-0.25, -0.2) is 0 Å². The van der Waals surface area contributed by atoms with Crippen molar-refractivity contribution in [2.75, 3.05) is 13.7 Å². The van der Waals surface area contributed by atoms with Crippen molar-refractivity contribution >= 4 is 11.3 Å². The maximum Gasteiger partial charge on any atom is 0.135 e. The fraction of sp³-hybridized carbons (Fsp3) is 0.190. The molecular formula is C21H21NO3S. The Morgan fingerprint density at radius 1 is 0.962 bits per heavy atom. The van der Waals surface area contributed by atoms with Crippen molar-refractivity contribution in [1.29, 1.82) is 0 Å². The van der Waals surface area contributed by atoms with Crippen molar-refractivity contribution in [1.82, 2.24) is 4.98 Å². The van der Waals surface area contributed by atoms with Crippen LogP contribution in [0.25, 0.3) is 20.9 Å². The molecule has 0 fully saturated rings. The third kappa shape index (κ3) is 4.94. The molecular weight excluding hydrogens is 346 g/mol. The highest BCUT2D eigenvalue weighted by atomic mass is 32.1. The molecule has 0 aliphatic rings. The molecule has 0 atom stereocenters. The number of hydrogen-bond acceptors (Lipinski definition) is 5. The van der Waals surface area contributed by atoms with Crippen LogP contribution in [0.1, 0.15) is 12.8 Å². The van der Waals surface area contributed by atoms with Gasteiger partial charge >= 0.3 is 0 Å². The van der Waals surface area contributed by atoms with Crippen LogP contribution in [-0.4, -0.2) is 18.7 Å². The number of benzene rings is 1. The summed E-state index contributed by atoms with van der Waals surface area (Å²) >= 11 is 1.77. The summed E-state index contributed by atoms with van der Waals surface area (Å²) in [6.45, 7) is 4.36. The lowest BCUT2D eigenvalue weighted by Crippen LogP contribution is -1.99. The molecule has 0 aliphatic carbocycles. The van der Waals surface area contributed by atoms with Crippen molar-refractivity contribution in [2.45, 2.75) is 12.8 Å². The molecule has 0 saturated heterocycles. The molecule has 4 nitrogen and oxygen atoms in total. The van der Waals surface area contributed by atoms with E-state index in [9.17, 15) is 0 Å². The van der Waals surface area contributed by atoms with Crippen molar-refractivity contribution in [3.8, 4) is 26.6 Å². The Kier molecular flexibility index (Phi) is 6.41. The summed E-state index contributed by atoms with van der Waals surface area (Å²) in [5.74, 6) is 1.46. The number of thiophene rings is 1. The summed E-state index contributed by atoms with van der Waals surface area (Å²) in [6, 6.07) is 16.5. The highest BCUT2D eigenvalue weighted by molar-refractivity contribution is 7.18. The maximum atomic E-state index is 5.76. The van der Waals surface area contributed by atoms with Gasteiger partial charge in [0.15, 0.2) is 0 Å². The van der Waals surface area contributed by atoms with E-state index in [4.69, 9.17) is 9.62 Å². The monoisotopic (exact) mass is 367 g/mol. The zero-order chi connectivity index (χ0) is 18.2. The Balaban J connectivity index is 1.55. The maximum absolute atomic E-state index is 5.76. The van der Waals surface area contributed by atoms with Crippen molar-refractivity contribution in [3.63, 3.8) is 0 Å². The van der Waals surface area contributed by atoms with Crippen LogP contribution in [0, 0.1) is 0 Å². The van der Waals surface area contributed by atoms with Gasteiger partial charge < -0.3 is 9.62 Å². The van der Waals surface area contributed by atoms with Crippen LogP contribution >= 0.6 is 11.3 Å². The van der Waals surface area contributed by atoms with Crippen LogP contribution in [0.2, 0.25) is 0 Å². The number of hydrogen-bond donors (Lipinski definition) is 0. The highest BCUT2D eigenvalue weighted by Gasteiger charge is 2.05. The van der Waals surface area contributed by atoms with Gasteiger partial charge in [-0.05, 0) is 66.1 Å². The minimum Gasteiger partial charge on any atom is -0.494 e. The number of nitrogens with zero attached hydrogens (tertiary/aromatic N) is 1. The molecule has 0 amide bonds. The smallest absolute Gasteiger partial charge is 0.135 e. The van der Waals surface area contributed by atoms with E-state index in [1.54, 1.807) is 11.3 Å². The molecule has 0 saturated carbocycles. The van der Waals surface area contributed by atoms with Crippen LogP contribution in [0.15, 0.2) is 73.3 Å². The molecule has 3 aromatic rings. The lowest BCUT2D eigenvalue weighted by atomic mass is 10.2.